The fourth-order valence-corrected chi connectivity index (χ4v) is 4.16. The molecule has 1 aromatic carbocycles. The monoisotopic (exact) mass is 385 g/mol. The van der Waals surface area contributed by atoms with Gasteiger partial charge in [0.25, 0.3) is 0 Å². The van der Waals surface area contributed by atoms with Gasteiger partial charge in [-0.05, 0) is 49.6 Å². The van der Waals surface area contributed by atoms with Gasteiger partial charge in [-0.3, -0.25) is 4.57 Å². The van der Waals surface area contributed by atoms with Crippen LogP contribution in [0.25, 0.3) is 5.69 Å². The summed E-state index contributed by atoms with van der Waals surface area (Å²) in [5, 5.41) is 10.4. The van der Waals surface area contributed by atoms with Crippen molar-refractivity contribution >= 4 is 29.3 Å². The topological polar surface area (TPSA) is 46.8 Å². The smallest absolute Gasteiger partial charge is 0.232 e. The molecule has 3 heterocycles. The molecule has 0 N–H and O–H groups in total. The molecule has 1 aliphatic heterocycles. The van der Waals surface area contributed by atoms with Gasteiger partial charge < -0.3 is 4.90 Å². The van der Waals surface area contributed by atoms with E-state index in [4.69, 9.17) is 11.6 Å². The lowest BCUT2D eigenvalue weighted by Gasteiger charge is -2.18. The Hall–Kier alpha value is -2.05. The van der Waals surface area contributed by atoms with Crippen LogP contribution in [-0.4, -0.2) is 32.8 Å². The predicted octanol–water partition coefficient (Wildman–Crippen LogP) is 4.52. The van der Waals surface area contributed by atoms with Crippen LogP contribution in [0.2, 0.25) is 5.15 Å². The molecule has 4 rings (SSSR count). The number of benzene rings is 1. The second-order valence-electron chi connectivity index (χ2n) is 6.42. The molecule has 0 bridgehead atoms. The summed E-state index contributed by atoms with van der Waals surface area (Å²) >= 11 is 7.66. The van der Waals surface area contributed by atoms with Crippen molar-refractivity contribution < 1.29 is 0 Å². The average molecular weight is 386 g/mol. The first-order chi connectivity index (χ1) is 12.7. The third-order valence-corrected chi connectivity index (χ3v) is 5.66. The van der Waals surface area contributed by atoms with Crippen molar-refractivity contribution in [3.8, 4) is 5.69 Å². The minimum absolute atomic E-state index is 0.515. The molecule has 1 aliphatic rings. The largest absolute Gasteiger partial charge is 0.341 e. The minimum Gasteiger partial charge on any atom is -0.341 e. The number of hydrogen-bond acceptors (Lipinski definition) is 5. The summed E-state index contributed by atoms with van der Waals surface area (Å²) in [6.07, 6.45) is 4.15. The van der Waals surface area contributed by atoms with E-state index in [0.717, 1.165) is 41.2 Å². The van der Waals surface area contributed by atoms with E-state index in [0.29, 0.717) is 5.15 Å². The van der Waals surface area contributed by atoms with Crippen molar-refractivity contribution in [1.29, 1.82) is 0 Å². The number of hydrogen-bond donors (Lipinski definition) is 0. The average Bonchev–Trinajstić information content (AvgIpc) is 3.30. The number of rotatable bonds is 5. The lowest BCUT2D eigenvalue weighted by molar-refractivity contribution is 0.841. The van der Waals surface area contributed by atoms with Crippen LogP contribution < -0.4 is 4.90 Å². The first kappa shape index (κ1) is 17.4. The maximum atomic E-state index is 6.00. The SMILES string of the molecule is Cc1ccc(-n2c(SCc3ccnc(Cl)c3)nnc2N2CCCC2)cc1. The van der Waals surface area contributed by atoms with Crippen LogP contribution in [0.5, 0.6) is 0 Å². The second kappa shape index (κ2) is 7.68. The second-order valence-corrected chi connectivity index (χ2v) is 7.75. The standard InChI is InChI=1S/C19H20ClN5S/c1-14-4-6-16(7-5-14)25-18(24-10-2-3-11-24)22-23-19(25)26-13-15-8-9-21-17(20)12-15/h4-9,12H,2-3,10-11,13H2,1H3. The molecule has 5 nitrogen and oxygen atoms in total. The number of thioether (sulfide) groups is 1. The molecule has 0 unspecified atom stereocenters. The molecule has 0 radical (unpaired) electrons. The lowest BCUT2D eigenvalue weighted by Crippen LogP contribution is -2.22. The number of aromatic nitrogens is 4. The van der Waals surface area contributed by atoms with E-state index < -0.39 is 0 Å². The van der Waals surface area contributed by atoms with E-state index in [2.05, 4.69) is 55.8 Å². The summed E-state index contributed by atoms with van der Waals surface area (Å²) in [6, 6.07) is 12.4. The highest BCUT2D eigenvalue weighted by Gasteiger charge is 2.22. The van der Waals surface area contributed by atoms with Crippen LogP contribution >= 0.6 is 23.4 Å². The van der Waals surface area contributed by atoms with Crippen LogP contribution in [-0.2, 0) is 5.75 Å². The highest BCUT2D eigenvalue weighted by atomic mass is 35.5. The van der Waals surface area contributed by atoms with Gasteiger partial charge in [-0.15, -0.1) is 10.2 Å². The molecular weight excluding hydrogens is 366 g/mol. The molecule has 0 spiro atoms. The molecule has 134 valence electrons. The summed E-state index contributed by atoms with van der Waals surface area (Å²) in [5.41, 5.74) is 3.46. The fourth-order valence-electron chi connectivity index (χ4n) is 3.08. The molecule has 1 fully saturated rings. The number of pyridine rings is 1. The van der Waals surface area contributed by atoms with Gasteiger partial charge in [-0.2, -0.15) is 0 Å². The van der Waals surface area contributed by atoms with Gasteiger partial charge >= 0.3 is 0 Å². The predicted molar refractivity (Wildman–Crippen MR) is 106 cm³/mol. The Bertz CT molecular complexity index is 887. The van der Waals surface area contributed by atoms with Gasteiger partial charge in [0.1, 0.15) is 5.15 Å². The van der Waals surface area contributed by atoms with Gasteiger partial charge in [0, 0.05) is 25.0 Å². The lowest BCUT2D eigenvalue weighted by atomic mass is 10.2. The van der Waals surface area contributed by atoms with Crippen molar-refractivity contribution in [3.05, 3.63) is 58.9 Å². The molecule has 26 heavy (non-hydrogen) atoms. The van der Waals surface area contributed by atoms with Crippen LogP contribution in [0.1, 0.15) is 24.0 Å². The summed E-state index contributed by atoms with van der Waals surface area (Å²) in [6.45, 7) is 4.17. The highest BCUT2D eigenvalue weighted by Crippen LogP contribution is 2.30. The first-order valence-electron chi connectivity index (χ1n) is 8.71. The molecular formula is C19H20ClN5S. The Labute approximate surface area is 162 Å². The number of anilines is 1. The van der Waals surface area contributed by atoms with Gasteiger partial charge in [0.2, 0.25) is 5.95 Å². The molecule has 0 atom stereocenters. The van der Waals surface area contributed by atoms with E-state index in [1.165, 1.54) is 18.4 Å². The molecule has 0 amide bonds. The maximum absolute atomic E-state index is 6.00. The normalized spacial score (nSPS) is 14.2. The Balaban J connectivity index is 1.66. The number of nitrogens with zero attached hydrogens (tertiary/aromatic N) is 5. The molecule has 2 aromatic heterocycles. The summed E-state index contributed by atoms with van der Waals surface area (Å²) in [4.78, 5) is 6.36. The molecule has 7 heteroatoms. The third kappa shape index (κ3) is 3.71. The minimum atomic E-state index is 0.515. The van der Waals surface area contributed by atoms with E-state index >= 15 is 0 Å². The summed E-state index contributed by atoms with van der Waals surface area (Å²) < 4.78 is 2.16. The first-order valence-corrected chi connectivity index (χ1v) is 10.1. The van der Waals surface area contributed by atoms with Crippen LogP contribution in [0, 0.1) is 6.92 Å². The fraction of sp³-hybridized carbons (Fsp3) is 0.316. The van der Waals surface area contributed by atoms with Gasteiger partial charge in [-0.25, -0.2) is 4.98 Å². The molecule has 1 saturated heterocycles. The Morgan fingerprint density at radius 3 is 2.58 bits per heavy atom. The number of halogens is 1. The van der Waals surface area contributed by atoms with Crippen molar-refractivity contribution in [2.45, 2.75) is 30.7 Å². The third-order valence-electron chi connectivity index (χ3n) is 4.46. The van der Waals surface area contributed by atoms with Gasteiger partial charge in [0.15, 0.2) is 5.16 Å². The van der Waals surface area contributed by atoms with Crippen molar-refractivity contribution in [1.82, 2.24) is 19.7 Å². The quantitative estimate of drug-likeness (QED) is 0.477. The number of aryl methyl sites for hydroxylation is 1. The van der Waals surface area contributed by atoms with Crippen molar-refractivity contribution in [2.75, 3.05) is 18.0 Å². The zero-order valence-electron chi connectivity index (χ0n) is 14.6. The van der Waals surface area contributed by atoms with Gasteiger partial charge in [-0.1, -0.05) is 41.1 Å². The van der Waals surface area contributed by atoms with Crippen LogP contribution in [0.15, 0.2) is 47.8 Å². The molecule has 0 saturated carbocycles. The van der Waals surface area contributed by atoms with E-state index in [1.807, 2.05) is 12.1 Å². The van der Waals surface area contributed by atoms with Crippen LogP contribution in [0.3, 0.4) is 0 Å². The van der Waals surface area contributed by atoms with Crippen LogP contribution in [0.4, 0.5) is 5.95 Å². The van der Waals surface area contributed by atoms with E-state index in [9.17, 15) is 0 Å². The van der Waals surface area contributed by atoms with Crippen molar-refractivity contribution in [2.24, 2.45) is 0 Å². The molecule has 0 aliphatic carbocycles. The summed E-state index contributed by atoms with van der Waals surface area (Å²) in [5.74, 6) is 1.70. The maximum Gasteiger partial charge on any atom is 0.232 e. The zero-order chi connectivity index (χ0) is 17.9. The van der Waals surface area contributed by atoms with Gasteiger partial charge in [0.05, 0.1) is 5.69 Å². The molecule has 3 aromatic rings. The Morgan fingerprint density at radius 1 is 1.08 bits per heavy atom. The Kier molecular flexibility index (Phi) is 5.13. The summed E-state index contributed by atoms with van der Waals surface area (Å²) in [7, 11) is 0. The zero-order valence-corrected chi connectivity index (χ0v) is 16.2. The van der Waals surface area contributed by atoms with E-state index in [-0.39, 0.29) is 0 Å². The highest BCUT2D eigenvalue weighted by molar-refractivity contribution is 7.98. The Morgan fingerprint density at radius 2 is 1.85 bits per heavy atom. The van der Waals surface area contributed by atoms with Crippen molar-refractivity contribution in [3.63, 3.8) is 0 Å². The van der Waals surface area contributed by atoms with E-state index in [1.54, 1.807) is 18.0 Å².